The van der Waals surface area contributed by atoms with Crippen LogP contribution in [0, 0.1) is 20.8 Å². The van der Waals surface area contributed by atoms with E-state index in [9.17, 15) is 4.79 Å². The van der Waals surface area contributed by atoms with Crippen LogP contribution in [0.5, 0.6) is 0 Å². The SMILES string of the molecule is Cc1cc(C(=O)N2CCOC[C@@H]2c2ncc(C)[nH]2)c2c(C)noc2n1. The highest BCUT2D eigenvalue weighted by atomic mass is 16.5. The van der Waals surface area contributed by atoms with Crippen molar-refractivity contribution >= 4 is 17.0 Å². The Morgan fingerprint density at radius 3 is 2.96 bits per heavy atom. The second kappa shape index (κ2) is 5.96. The molecule has 1 fully saturated rings. The van der Waals surface area contributed by atoms with E-state index in [0.29, 0.717) is 47.8 Å². The topological polar surface area (TPSA) is 97.1 Å². The Bertz CT molecular complexity index is 945. The molecule has 0 saturated carbocycles. The van der Waals surface area contributed by atoms with Crippen LogP contribution in [-0.4, -0.2) is 50.7 Å². The van der Waals surface area contributed by atoms with Gasteiger partial charge in [0.05, 0.1) is 29.9 Å². The van der Waals surface area contributed by atoms with Gasteiger partial charge >= 0.3 is 0 Å². The van der Waals surface area contributed by atoms with E-state index in [0.717, 1.165) is 11.5 Å². The lowest BCUT2D eigenvalue weighted by molar-refractivity contribution is -0.00491. The first-order chi connectivity index (χ1) is 12.0. The number of ether oxygens (including phenoxy) is 1. The van der Waals surface area contributed by atoms with Crippen LogP contribution in [0.4, 0.5) is 0 Å². The number of fused-ring (bicyclic) bond motifs is 1. The molecule has 4 rings (SSSR count). The van der Waals surface area contributed by atoms with E-state index < -0.39 is 0 Å². The van der Waals surface area contributed by atoms with E-state index in [-0.39, 0.29) is 11.9 Å². The maximum absolute atomic E-state index is 13.3. The zero-order valence-electron chi connectivity index (χ0n) is 14.4. The summed E-state index contributed by atoms with van der Waals surface area (Å²) in [6.45, 7) is 6.98. The first-order valence-corrected chi connectivity index (χ1v) is 8.18. The Kier molecular flexibility index (Phi) is 3.76. The Hall–Kier alpha value is -2.74. The van der Waals surface area contributed by atoms with Crippen LogP contribution in [0.3, 0.4) is 0 Å². The molecule has 1 saturated heterocycles. The van der Waals surface area contributed by atoms with Gasteiger partial charge in [0.25, 0.3) is 11.6 Å². The first kappa shape index (κ1) is 15.8. The molecule has 8 nitrogen and oxygen atoms in total. The minimum absolute atomic E-state index is 0.0934. The van der Waals surface area contributed by atoms with Gasteiger partial charge < -0.3 is 19.1 Å². The number of aryl methyl sites for hydroxylation is 3. The van der Waals surface area contributed by atoms with Crippen LogP contribution in [0.25, 0.3) is 11.1 Å². The number of aromatic nitrogens is 4. The maximum Gasteiger partial charge on any atom is 0.258 e. The molecule has 3 aromatic heterocycles. The number of hydrogen-bond donors (Lipinski definition) is 1. The van der Waals surface area contributed by atoms with Crippen LogP contribution >= 0.6 is 0 Å². The average Bonchev–Trinajstić information content (AvgIpc) is 3.20. The summed E-state index contributed by atoms with van der Waals surface area (Å²) in [5.74, 6) is 0.638. The van der Waals surface area contributed by atoms with Crippen LogP contribution in [0.2, 0.25) is 0 Å². The van der Waals surface area contributed by atoms with E-state index in [4.69, 9.17) is 9.26 Å². The Labute approximate surface area is 144 Å². The van der Waals surface area contributed by atoms with Crippen molar-refractivity contribution in [3.8, 4) is 0 Å². The summed E-state index contributed by atoms with van der Waals surface area (Å²) in [5.41, 5.74) is 3.26. The third kappa shape index (κ3) is 2.68. The number of nitrogens with zero attached hydrogens (tertiary/aromatic N) is 4. The minimum Gasteiger partial charge on any atom is -0.377 e. The van der Waals surface area contributed by atoms with Gasteiger partial charge in [-0.05, 0) is 26.8 Å². The summed E-state index contributed by atoms with van der Waals surface area (Å²) in [5, 5.41) is 4.62. The molecule has 0 unspecified atom stereocenters. The van der Waals surface area contributed by atoms with Gasteiger partial charge in [0.2, 0.25) is 0 Å². The number of H-pyrrole nitrogens is 1. The predicted molar refractivity (Wildman–Crippen MR) is 89.2 cm³/mol. The van der Waals surface area contributed by atoms with Crippen LogP contribution in [0.15, 0.2) is 16.8 Å². The zero-order chi connectivity index (χ0) is 17.6. The number of amides is 1. The van der Waals surface area contributed by atoms with E-state index in [1.54, 1.807) is 17.2 Å². The summed E-state index contributed by atoms with van der Waals surface area (Å²) in [7, 11) is 0. The Morgan fingerprint density at radius 2 is 2.20 bits per heavy atom. The fourth-order valence-corrected chi connectivity index (χ4v) is 3.22. The summed E-state index contributed by atoms with van der Waals surface area (Å²) >= 11 is 0. The third-order valence-electron chi connectivity index (χ3n) is 4.40. The molecule has 25 heavy (non-hydrogen) atoms. The summed E-state index contributed by atoms with van der Waals surface area (Å²) < 4.78 is 10.8. The number of imidazole rings is 1. The molecule has 3 aromatic rings. The standard InChI is InChI=1S/C17H19N5O3/c1-9-6-12(14-11(3)21-25-16(14)20-9)17(23)22-4-5-24-8-13(22)15-18-7-10(2)19-15/h6-7,13H,4-5,8H2,1-3H3,(H,18,19)/t13-/m1/s1. The van der Waals surface area contributed by atoms with E-state index >= 15 is 0 Å². The Morgan fingerprint density at radius 1 is 1.36 bits per heavy atom. The third-order valence-corrected chi connectivity index (χ3v) is 4.40. The van der Waals surface area contributed by atoms with Gasteiger partial charge in [-0.25, -0.2) is 9.97 Å². The highest BCUT2D eigenvalue weighted by Crippen LogP contribution is 2.28. The fourth-order valence-electron chi connectivity index (χ4n) is 3.22. The molecule has 1 aliphatic rings. The zero-order valence-corrected chi connectivity index (χ0v) is 14.4. The molecule has 130 valence electrons. The Balaban J connectivity index is 1.77. The van der Waals surface area contributed by atoms with Crippen LogP contribution in [-0.2, 0) is 4.74 Å². The van der Waals surface area contributed by atoms with Crippen LogP contribution in [0.1, 0.15) is 39.3 Å². The summed E-state index contributed by atoms with van der Waals surface area (Å²) in [6, 6.07) is 1.54. The van der Waals surface area contributed by atoms with Crippen molar-refractivity contribution in [2.75, 3.05) is 19.8 Å². The smallest absolute Gasteiger partial charge is 0.258 e. The van der Waals surface area contributed by atoms with Gasteiger partial charge in [0.15, 0.2) is 0 Å². The van der Waals surface area contributed by atoms with Crippen molar-refractivity contribution in [1.29, 1.82) is 0 Å². The van der Waals surface area contributed by atoms with Crippen molar-refractivity contribution in [1.82, 2.24) is 25.0 Å². The van der Waals surface area contributed by atoms with E-state index in [1.165, 1.54) is 0 Å². The number of rotatable bonds is 2. The molecule has 0 aliphatic carbocycles. The minimum atomic E-state index is -0.251. The molecule has 1 aliphatic heterocycles. The lowest BCUT2D eigenvalue weighted by atomic mass is 10.1. The van der Waals surface area contributed by atoms with Crippen molar-refractivity contribution in [3.63, 3.8) is 0 Å². The van der Waals surface area contributed by atoms with Crippen molar-refractivity contribution in [2.24, 2.45) is 0 Å². The molecular weight excluding hydrogens is 322 g/mol. The molecule has 0 bridgehead atoms. The van der Waals surface area contributed by atoms with Crippen LogP contribution < -0.4 is 0 Å². The molecule has 1 N–H and O–H groups in total. The molecule has 4 heterocycles. The van der Waals surface area contributed by atoms with E-state index in [1.807, 2.05) is 20.8 Å². The van der Waals surface area contributed by atoms with E-state index in [2.05, 4.69) is 20.1 Å². The highest BCUT2D eigenvalue weighted by Gasteiger charge is 2.33. The second-order valence-electron chi connectivity index (χ2n) is 6.30. The lowest BCUT2D eigenvalue weighted by Gasteiger charge is -2.34. The normalized spacial score (nSPS) is 18.0. The van der Waals surface area contributed by atoms with Crippen molar-refractivity contribution in [3.05, 3.63) is 40.7 Å². The number of aromatic amines is 1. The summed E-state index contributed by atoms with van der Waals surface area (Å²) in [6.07, 6.45) is 1.76. The summed E-state index contributed by atoms with van der Waals surface area (Å²) in [4.78, 5) is 27.0. The van der Waals surface area contributed by atoms with Gasteiger partial charge in [-0.3, -0.25) is 4.79 Å². The molecule has 0 spiro atoms. The lowest BCUT2D eigenvalue weighted by Crippen LogP contribution is -2.44. The maximum atomic E-state index is 13.3. The largest absolute Gasteiger partial charge is 0.377 e. The van der Waals surface area contributed by atoms with Gasteiger partial charge in [-0.15, -0.1) is 0 Å². The number of pyridine rings is 1. The predicted octanol–water partition coefficient (Wildman–Crippen LogP) is 2.08. The molecule has 1 amide bonds. The van der Waals surface area contributed by atoms with Gasteiger partial charge in [0, 0.05) is 24.1 Å². The fraction of sp³-hybridized carbons (Fsp3) is 0.412. The number of hydrogen-bond acceptors (Lipinski definition) is 6. The number of carbonyl (C=O) groups is 1. The second-order valence-corrected chi connectivity index (χ2v) is 6.30. The molecule has 0 radical (unpaired) electrons. The molecule has 0 aromatic carbocycles. The van der Waals surface area contributed by atoms with Gasteiger partial charge in [0.1, 0.15) is 11.9 Å². The number of carbonyl (C=O) groups excluding carboxylic acids is 1. The average molecular weight is 341 g/mol. The number of nitrogens with one attached hydrogen (secondary N) is 1. The number of morpholine rings is 1. The monoisotopic (exact) mass is 341 g/mol. The highest BCUT2D eigenvalue weighted by molar-refractivity contribution is 6.06. The van der Waals surface area contributed by atoms with Crippen molar-refractivity contribution in [2.45, 2.75) is 26.8 Å². The molecule has 8 heteroatoms. The van der Waals surface area contributed by atoms with Gasteiger partial charge in [-0.2, -0.15) is 0 Å². The van der Waals surface area contributed by atoms with Gasteiger partial charge in [-0.1, -0.05) is 5.16 Å². The van der Waals surface area contributed by atoms with Crippen molar-refractivity contribution < 1.29 is 14.1 Å². The quantitative estimate of drug-likeness (QED) is 0.766. The molecular formula is C17H19N5O3. The first-order valence-electron chi connectivity index (χ1n) is 8.18. The molecule has 1 atom stereocenters.